The third-order valence-electron chi connectivity index (χ3n) is 5.30. The van der Waals surface area contributed by atoms with Crippen molar-refractivity contribution in [2.75, 3.05) is 0 Å². The van der Waals surface area contributed by atoms with E-state index in [1.54, 1.807) is 36.0 Å². The number of aromatic amines is 2. The molecule has 7 nitrogen and oxygen atoms in total. The molecule has 1 aliphatic carbocycles. The fourth-order valence-corrected chi connectivity index (χ4v) is 3.69. The second kappa shape index (κ2) is 5.98. The van der Waals surface area contributed by atoms with Gasteiger partial charge in [-0.15, -0.1) is 0 Å². The van der Waals surface area contributed by atoms with Gasteiger partial charge in [0, 0.05) is 24.2 Å². The summed E-state index contributed by atoms with van der Waals surface area (Å²) in [7, 11) is 0. The number of fused-ring (bicyclic) bond motifs is 1. The Hall–Kier alpha value is -3.55. The molecular weight excluding hydrogens is 361 g/mol. The molecule has 0 bridgehead atoms. The van der Waals surface area contributed by atoms with E-state index < -0.39 is 11.2 Å². The Morgan fingerprint density at radius 2 is 2.07 bits per heavy atom. The maximum atomic E-state index is 14.0. The maximum absolute atomic E-state index is 14.0. The number of hydrogen-bond acceptors (Lipinski definition) is 4. The second-order valence-electron chi connectivity index (χ2n) is 7.12. The van der Waals surface area contributed by atoms with Crippen LogP contribution in [-0.4, -0.2) is 24.6 Å². The van der Waals surface area contributed by atoms with Gasteiger partial charge in [0.15, 0.2) is 5.65 Å². The van der Waals surface area contributed by atoms with Crippen LogP contribution < -0.4 is 11.2 Å². The number of H-pyrrole nitrogens is 2. The van der Waals surface area contributed by atoms with E-state index in [4.69, 9.17) is 0 Å². The fourth-order valence-electron chi connectivity index (χ4n) is 3.69. The van der Waals surface area contributed by atoms with Crippen molar-refractivity contribution < 1.29 is 4.39 Å². The van der Waals surface area contributed by atoms with Gasteiger partial charge in [-0.3, -0.25) is 9.78 Å². The SMILES string of the molecule is Cc1ccc([C@H]2C[C@@H]2c2cc(-c3c[nH]c(=O)[nH]c3=O)nn3ccnc23)cc1F. The Morgan fingerprint density at radius 3 is 2.86 bits per heavy atom. The van der Waals surface area contributed by atoms with Crippen molar-refractivity contribution in [3.05, 3.63) is 86.2 Å². The van der Waals surface area contributed by atoms with E-state index in [0.717, 1.165) is 17.5 Å². The zero-order valence-corrected chi connectivity index (χ0v) is 14.9. The van der Waals surface area contributed by atoms with Gasteiger partial charge in [0.2, 0.25) is 0 Å². The highest BCUT2D eigenvalue weighted by atomic mass is 19.1. The van der Waals surface area contributed by atoms with Crippen LogP contribution in [0.2, 0.25) is 0 Å². The minimum atomic E-state index is -0.568. The number of nitrogens with one attached hydrogen (secondary N) is 2. The zero-order chi connectivity index (χ0) is 19.4. The summed E-state index contributed by atoms with van der Waals surface area (Å²) in [4.78, 5) is 32.6. The zero-order valence-electron chi connectivity index (χ0n) is 14.9. The van der Waals surface area contributed by atoms with Crippen LogP contribution in [0, 0.1) is 12.7 Å². The smallest absolute Gasteiger partial charge is 0.313 e. The largest absolute Gasteiger partial charge is 0.325 e. The van der Waals surface area contributed by atoms with Crippen LogP contribution in [-0.2, 0) is 0 Å². The van der Waals surface area contributed by atoms with Crippen molar-refractivity contribution in [3.8, 4) is 11.3 Å². The van der Waals surface area contributed by atoms with E-state index in [9.17, 15) is 14.0 Å². The average molecular weight is 377 g/mol. The molecule has 0 amide bonds. The Labute approximate surface area is 157 Å². The topological polar surface area (TPSA) is 95.9 Å². The van der Waals surface area contributed by atoms with Gasteiger partial charge in [0.1, 0.15) is 5.82 Å². The second-order valence-corrected chi connectivity index (χ2v) is 7.12. The van der Waals surface area contributed by atoms with Crippen LogP contribution in [0.1, 0.15) is 34.9 Å². The van der Waals surface area contributed by atoms with Crippen molar-refractivity contribution in [1.29, 1.82) is 0 Å². The molecule has 28 heavy (non-hydrogen) atoms. The number of rotatable bonds is 3. The lowest BCUT2D eigenvalue weighted by molar-refractivity contribution is 0.616. The number of aryl methyl sites for hydroxylation is 1. The molecule has 2 N–H and O–H groups in total. The molecule has 1 aliphatic rings. The van der Waals surface area contributed by atoms with Crippen molar-refractivity contribution in [2.24, 2.45) is 0 Å². The molecule has 1 aromatic carbocycles. The molecule has 1 fully saturated rings. The predicted octanol–water partition coefficient (Wildman–Crippen LogP) is 2.49. The predicted molar refractivity (Wildman–Crippen MR) is 101 cm³/mol. The number of halogens is 1. The lowest BCUT2D eigenvalue weighted by Gasteiger charge is -2.08. The monoisotopic (exact) mass is 377 g/mol. The Bertz CT molecular complexity index is 1340. The van der Waals surface area contributed by atoms with Gasteiger partial charge in [-0.25, -0.2) is 18.7 Å². The van der Waals surface area contributed by atoms with E-state index in [0.29, 0.717) is 16.9 Å². The summed E-state index contributed by atoms with van der Waals surface area (Å²) < 4.78 is 15.6. The maximum Gasteiger partial charge on any atom is 0.325 e. The minimum absolute atomic E-state index is 0.163. The first-order valence-corrected chi connectivity index (χ1v) is 8.94. The first kappa shape index (κ1) is 16.6. The van der Waals surface area contributed by atoms with Crippen molar-refractivity contribution in [3.63, 3.8) is 0 Å². The van der Waals surface area contributed by atoms with Crippen LogP contribution in [0.4, 0.5) is 4.39 Å². The van der Waals surface area contributed by atoms with Gasteiger partial charge in [-0.05, 0) is 48.4 Å². The number of nitrogens with zero attached hydrogens (tertiary/aromatic N) is 3. The van der Waals surface area contributed by atoms with Crippen LogP contribution in [0.5, 0.6) is 0 Å². The van der Waals surface area contributed by atoms with E-state index in [1.807, 2.05) is 12.1 Å². The quantitative estimate of drug-likeness (QED) is 0.573. The lowest BCUT2D eigenvalue weighted by atomic mass is 10.0. The fraction of sp³-hybridized carbons (Fsp3) is 0.200. The molecule has 1 saturated carbocycles. The van der Waals surface area contributed by atoms with Crippen LogP contribution in [0.25, 0.3) is 16.9 Å². The van der Waals surface area contributed by atoms with E-state index in [-0.39, 0.29) is 23.2 Å². The van der Waals surface area contributed by atoms with Gasteiger partial charge >= 0.3 is 5.69 Å². The molecule has 0 radical (unpaired) electrons. The highest BCUT2D eigenvalue weighted by molar-refractivity contribution is 5.63. The number of imidazole rings is 1. The van der Waals surface area contributed by atoms with Gasteiger partial charge in [-0.1, -0.05) is 12.1 Å². The molecule has 3 heterocycles. The third kappa shape index (κ3) is 2.65. The molecule has 0 unspecified atom stereocenters. The molecule has 2 atom stereocenters. The Kier molecular flexibility index (Phi) is 3.55. The van der Waals surface area contributed by atoms with E-state index in [2.05, 4.69) is 20.1 Å². The summed E-state index contributed by atoms with van der Waals surface area (Å²) in [5, 5.41) is 4.44. The number of aromatic nitrogens is 5. The van der Waals surface area contributed by atoms with Gasteiger partial charge in [0.25, 0.3) is 5.56 Å². The highest BCUT2D eigenvalue weighted by Crippen LogP contribution is 2.55. The van der Waals surface area contributed by atoms with E-state index in [1.165, 1.54) is 6.20 Å². The molecule has 0 aliphatic heterocycles. The summed E-state index contributed by atoms with van der Waals surface area (Å²) in [6.07, 6.45) is 5.59. The molecular formula is C20H16FN5O2. The summed E-state index contributed by atoms with van der Waals surface area (Å²) in [5.41, 5.74) is 2.89. The lowest BCUT2D eigenvalue weighted by Crippen LogP contribution is -2.23. The molecule has 0 spiro atoms. The molecule has 3 aromatic heterocycles. The summed E-state index contributed by atoms with van der Waals surface area (Å²) in [5.74, 6) is 0.152. The average Bonchev–Trinajstić information content (AvgIpc) is 3.31. The standard InChI is InChI=1S/C20H16FN5O2/c1-10-2-3-11(6-16(10)21)12-7-13(12)14-8-17(25-26-5-4-22-18(14)26)15-9-23-20(28)24-19(15)27/h2-6,8-9,12-13H,7H2,1H3,(H2,23,24,27,28)/t12-,13+/m1/s1. The molecule has 140 valence electrons. The molecule has 0 saturated heterocycles. The van der Waals surface area contributed by atoms with Crippen LogP contribution in [0.3, 0.4) is 0 Å². The first-order chi connectivity index (χ1) is 13.5. The van der Waals surface area contributed by atoms with E-state index >= 15 is 0 Å². The number of benzene rings is 1. The van der Waals surface area contributed by atoms with Crippen molar-refractivity contribution in [1.82, 2.24) is 24.6 Å². The number of hydrogen-bond donors (Lipinski definition) is 2. The molecule has 8 heteroatoms. The van der Waals surface area contributed by atoms with Gasteiger partial charge in [0.05, 0.1) is 11.3 Å². The van der Waals surface area contributed by atoms with Gasteiger partial charge < -0.3 is 4.98 Å². The summed E-state index contributed by atoms with van der Waals surface area (Å²) in [6, 6.07) is 7.18. The third-order valence-corrected chi connectivity index (χ3v) is 5.30. The molecule has 4 aromatic rings. The minimum Gasteiger partial charge on any atom is -0.313 e. The van der Waals surface area contributed by atoms with Crippen LogP contribution >= 0.6 is 0 Å². The van der Waals surface area contributed by atoms with Crippen molar-refractivity contribution in [2.45, 2.75) is 25.2 Å². The highest BCUT2D eigenvalue weighted by Gasteiger charge is 2.41. The Morgan fingerprint density at radius 1 is 1.21 bits per heavy atom. The Balaban J connectivity index is 1.60. The summed E-state index contributed by atoms with van der Waals surface area (Å²) in [6.45, 7) is 1.74. The summed E-state index contributed by atoms with van der Waals surface area (Å²) >= 11 is 0. The van der Waals surface area contributed by atoms with Crippen LogP contribution in [0.15, 0.2) is 52.4 Å². The molecule has 5 rings (SSSR count). The van der Waals surface area contributed by atoms with Gasteiger partial charge in [-0.2, -0.15) is 5.10 Å². The van der Waals surface area contributed by atoms with Crippen molar-refractivity contribution >= 4 is 5.65 Å². The first-order valence-electron chi connectivity index (χ1n) is 8.94. The normalized spacial score (nSPS) is 18.5.